The van der Waals surface area contributed by atoms with Crippen LogP contribution in [0, 0.1) is 0 Å². The van der Waals surface area contributed by atoms with Gasteiger partial charge in [0.25, 0.3) is 0 Å². The Morgan fingerprint density at radius 1 is 1.53 bits per heavy atom. The highest BCUT2D eigenvalue weighted by Gasteiger charge is 2.22. The van der Waals surface area contributed by atoms with Gasteiger partial charge in [0.2, 0.25) is 0 Å². The van der Waals surface area contributed by atoms with E-state index in [0.29, 0.717) is 6.04 Å². The summed E-state index contributed by atoms with van der Waals surface area (Å²) in [6.45, 7) is 1.59. The van der Waals surface area contributed by atoms with Gasteiger partial charge in [-0.1, -0.05) is 24.2 Å². The first-order valence-corrected chi connectivity index (χ1v) is 6.19. The normalized spacial score (nSPS) is 16.9. The summed E-state index contributed by atoms with van der Waals surface area (Å²) in [7, 11) is 2.08. The molecular weight excluding hydrogens is 208 g/mol. The van der Waals surface area contributed by atoms with Crippen molar-refractivity contribution in [1.29, 1.82) is 0 Å². The molecule has 0 spiro atoms. The first-order valence-electron chi connectivity index (χ1n) is 5.38. The van der Waals surface area contributed by atoms with Crippen molar-refractivity contribution in [2.24, 2.45) is 0 Å². The Labute approximate surface area is 94.1 Å². The standard InChI is InChI=1S/C11H16N2OS/c1-8(14)10-7-12-11(15-10)13(2)9-5-3-4-6-9/h7,9H,3-6H2,1-2H3. The maximum Gasteiger partial charge on any atom is 0.185 e. The molecule has 2 rings (SSSR count). The summed E-state index contributed by atoms with van der Waals surface area (Å²) in [6, 6.07) is 0.621. The summed E-state index contributed by atoms with van der Waals surface area (Å²) in [5.74, 6) is 0.110. The lowest BCUT2D eigenvalue weighted by Gasteiger charge is -2.23. The minimum atomic E-state index is 0.110. The molecule has 0 aromatic carbocycles. The number of hydrogen-bond donors (Lipinski definition) is 0. The summed E-state index contributed by atoms with van der Waals surface area (Å²) in [5.41, 5.74) is 0. The van der Waals surface area contributed by atoms with E-state index in [1.165, 1.54) is 37.0 Å². The average Bonchev–Trinajstić information content (AvgIpc) is 2.88. The highest BCUT2D eigenvalue weighted by atomic mass is 32.1. The van der Waals surface area contributed by atoms with E-state index in [0.717, 1.165) is 10.0 Å². The van der Waals surface area contributed by atoms with Crippen molar-refractivity contribution in [2.45, 2.75) is 38.6 Å². The van der Waals surface area contributed by atoms with E-state index in [1.807, 2.05) is 0 Å². The molecule has 0 amide bonds. The Morgan fingerprint density at radius 3 is 2.73 bits per heavy atom. The Balaban J connectivity index is 2.10. The number of aromatic nitrogens is 1. The fourth-order valence-corrected chi connectivity index (χ4v) is 2.88. The van der Waals surface area contributed by atoms with Gasteiger partial charge in [-0.05, 0) is 12.8 Å². The van der Waals surface area contributed by atoms with Gasteiger partial charge in [-0.3, -0.25) is 4.79 Å². The molecule has 1 saturated carbocycles. The van der Waals surface area contributed by atoms with Crippen LogP contribution in [-0.2, 0) is 0 Å². The first-order chi connectivity index (χ1) is 7.18. The van der Waals surface area contributed by atoms with Gasteiger partial charge in [0.15, 0.2) is 10.9 Å². The van der Waals surface area contributed by atoms with Crippen LogP contribution in [0.3, 0.4) is 0 Å². The van der Waals surface area contributed by atoms with Crippen LogP contribution in [0.1, 0.15) is 42.3 Å². The van der Waals surface area contributed by atoms with E-state index in [4.69, 9.17) is 0 Å². The number of carbonyl (C=O) groups is 1. The number of thiazole rings is 1. The molecule has 0 N–H and O–H groups in total. The molecule has 1 fully saturated rings. The zero-order chi connectivity index (χ0) is 10.8. The van der Waals surface area contributed by atoms with Crippen molar-refractivity contribution in [3.8, 4) is 0 Å². The smallest absolute Gasteiger partial charge is 0.185 e. The van der Waals surface area contributed by atoms with Crippen LogP contribution in [0.2, 0.25) is 0 Å². The Bertz CT molecular complexity index is 355. The average molecular weight is 224 g/mol. The van der Waals surface area contributed by atoms with E-state index in [9.17, 15) is 4.79 Å². The minimum Gasteiger partial charge on any atom is -0.348 e. The van der Waals surface area contributed by atoms with Gasteiger partial charge >= 0.3 is 0 Å². The molecule has 4 heteroatoms. The van der Waals surface area contributed by atoms with Gasteiger partial charge in [-0.15, -0.1) is 0 Å². The summed E-state index contributed by atoms with van der Waals surface area (Å²) >= 11 is 1.50. The molecule has 0 saturated heterocycles. The lowest BCUT2D eigenvalue weighted by atomic mass is 10.2. The fourth-order valence-electron chi connectivity index (χ4n) is 2.04. The molecule has 15 heavy (non-hydrogen) atoms. The van der Waals surface area contributed by atoms with Gasteiger partial charge in [-0.25, -0.2) is 4.98 Å². The van der Waals surface area contributed by atoms with Crippen LogP contribution in [0.4, 0.5) is 5.13 Å². The van der Waals surface area contributed by atoms with Crippen molar-refractivity contribution in [2.75, 3.05) is 11.9 Å². The van der Waals surface area contributed by atoms with Gasteiger partial charge in [0, 0.05) is 20.0 Å². The van der Waals surface area contributed by atoms with E-state index < -0.39 is 0 Å². The number of nitrogens with zero attached hydrogens (tertiary/aromatic N) is 2. The van der Waals surface area contributed by atoms with Crippen LogP contribution < -0.4 is 4.90 Å². The molecule has 0 atom stereocenters. The van der Waals surface area contributed by atoms with Crippen molar-refractivity contribution in [3.05, 3.63) is 11.1 Å². The van der Waals surface area contributed by atoms with E-state index in [1.54, 1.807) is 13.1 Å². The molecule has 1 aromatic heterocycles. The molecular formula is C11H16N2OS. The molecule has 3 nitrogen and oxygen atoms in total. The fraction of sp³-hybridized carbons (Fsp3) is 0.636. The predicted octanol–water partition coefficient (Wildman–Crippen LogP) is 2.72. The topological polar surface area (TPSA) is 33.2 Å². The SMILES string of the molecule is CC(=O)c1cnc(N(C)C2CCCC2)s1. The van der Waals surface area contributed by atoms with E-state index >= 15 is 0 Å². The lowest BCUT2D eigenvalue weighted by Crippen LogP contribution is -2.28. The van der Waals surface area contributed by atoms with Crippen LogP contribution in [-0.4, -0.2) is 23.9 Å². The third-order valence-corrected chi connectivity index (χ3v) is 4.20. The Hall–Kier alpha value is -0.900. The number of rotatable bonds is 3. The molecule has 0 radical (unpaired) electrons. The van der Waals surface area contributed by atoms with Crippen LogP contribution >= 0.6 is 11.3 Å². The number of Topliss-reactive ketones (excluding diaryl/α,β-unsaturated/α-hetero) is 1. The van der Waals surface area contributed by atoms with Crippen LogP contribution in [0.5, 0.6) is 0 Å². The number of anilines is 1. The highest BCUT2D eigenvalue weighted by molar-refractivity contribution is 7.17. The third-order valence-electron chi connectivity index (χ3n) is 3.01. The number of ketones is 1. The minimum absolute atomic E-state index is 0.110. The molecule has 1 aliphatic carbocycles. The zero-order valence-electron chi connectivity index (χ0n) is 9.19. The van der Waals surface area contributed by atoms with Crippen molar-refractivity contribution in [1.82, 2.24) is 4.98 Å². The lowest BCUT2D eigenvalue weighted by molar-refractivity contribution is 0.102. The second-order valence-corrected chi connectivity index (χ2v) is 5.12. The quantitative estimate of drug-likeness (QED) is 0.740. The summed E-state index contributed by atoms with van der Waals surface area (Å²) in [6.07, 6.45) is 6.84. The molecule has 1 aromatic rings. The van der Waals surface area contributed by atoms with Crippen LogP contribution in [0.25, 0.3) is 0 Å². The first kappa shape index (κ1) is 10.6. The number of hydrogen-bond acceptors (Lipinski definition) is 4. The monoisotopic (exact) mass is 224 g/mol. The van der Waals surface area contributed by atoms with Gasteiger partial charge in [-0.2, -0.15) is 0 Å². The maximum atomic E-state index is 11.2. The molecule has 0 unspecified atom stereocenters. The zero-order valence-corrected chi connectivity index (χ0v) is 10.0. The largest absolute Gasteiger partial charge is 0.348 e. The second-order valence-electron chi connectivity index (χ2n) is 4.11. The molecule has 0 bridgehead atoms. The Kier molecular flexibility index (Phi) is 3.05. The van der Waals surface area contributed by atoms with E-state index in [-0.39, 0.29) is 5.78 Å². The molecule has 1 aliphatic rings. The third kappa shape index (κ3) is 2.20. The van der Waals surface area contributed by atoms with Crippen molar-refractivity contribution < 1.29 is 4.79 Å². The molecule has 0 aliphatic heterocycles. The molecule has 1 heterocycles. The molecule has 82 valence electrons. The Morgan fingerprint density at radius 2 is 2.20 bits per heavy atom. The predicted molar refractivity (Wildman–Crippen MR) is 62.8 cm³/mol. The van der Waals surface area contributed by atoms with Gasteiger partial charge in [0.1, 0.15) is 0 Å². The van der Waals surface area contributed by atoms with Gasteiger partial charge < -0.3 is 4.90 Å². The summed E-state index contributed by atoms with van der Waals surface area (Å²) < 4.78 is 0. The van der Waals surface area contributed by atoms with Gasteiger partial charge in [0.05, 0.1) is 11.1 Å². The van der Waals surface area contributed by atoms with Crippen molar-refractivity contribution >= 4 is 22.3 Å². The summed E-state index contributed by atoms with van der Waals surface area (Å²) in [5, 5.41) is 0.979. The summed E-state index contributed by atoms with van der Waals surface area (Å²) in [4.78, 5) is 18.4. The maximum absolute atomic E-state index is 11.2. The van der Waals surface area contributed by atoms with Crippen molar-refractivity contribution in [3.63, 3.8) is 0 Å². The number of carbonyl (C=O) groups excluding carboxylic acids is 1. The van der Waals surface area contributed by atoms with E-state index in [2.05, 4.69) is 16.9 Å². The highest BCUT2D eigenvalue weighted by Crippen LogP contribution is 2.29. The van der Waals surface area contributed by atoms with Crippen LogP contribution in [0.15, 0.2) is 6.20 Å². The second kappa shape index (κ2) is 4.31.